The second-order valence-corrected chi connectivity index (χ2v) is 4.67. The van der Waals surface area contributed by atoms with Crippen LogP contribution in [0.3, 0.4) is 0 Å². The van der Waals surface area contributed by atoms with E-state index < -0.39 is 11.6 Å². The summed E-state index contributed by atoms with van der Waals surface area (Å²) in [7, 11) is 0. The monoisotopic (exact) mass is 279 g/mol. The van der Waals surface area contributed by atoms with Crippen LogP contribution in [0.1, 0.15) is 6.42 Å². The molecule has 0 bridgehead atoms. The van der Waals surface area contributed by atoms with Crippen molar-refractivity contribution in [2.45, 2.75) is 6.42 Å². The van der Waals surface area contributed by atoms with Gasteiger partial charge in [-0.2, -0.15) is 4.98 Å². The zero-order valence-corrected chi connectivity index (χ0v) is 10.9. The number of rotatable bonds is 2. The number of H-pyrrole nitrogens is 1. The molecule has 1 saturated heterocycles. The number of benzene rings is 1. The van der Waals surface area contributed by atoms with Crippen LogP contribution in [-0.4, -0.2) is 41.4 Å². The summed E-state index contributed by atoms with van der Waals surface area (Å²) >= 11 is 0. The molecule has 2 heterocycles. The molecule has 1 aliphatic heterocycles. The van der Waals surface area contributed by atoms with Gasteiger partial charge in [-0.3, -0.25) is 5.10 Å². The molecule has 20 heavy (non-hydrogen) atoms. The van der Waals surface area contributed by atoms with Gasteiger partial charge in [0.15, 0.2) is 5.82 Å². The lowest BCUT2D eigenvalue weighted by molar-refractivity contribution is 0.587. The highest BCUT2D eigenvalue weighted by atomic mass is 19.1. The molecule has 106 valence electrons. The van der Waals surface area contributed by atoms with Gasteiger partial charge in [0, 0.05) is 19.6 Å². The van der Waals surface area contributed by atoms with Crippen LogP contribution in [0.5, 0.6) is 0 Å². The summed E-state index contributed by atoms with van der Waals surface area (Å²) < 4.78 is 27.4. The highest BCUT2D eigenvalue weighted by molar-refractivity contribution is 5.58. The maximum Gasteiger partial charge on any atom is 0.245 e. The predicted molar refractivity (Wildman–Crippen MR) is 71.4 cm³/mol. The second-order valence-electron chi connectivity index (χ2n) is 4.67. The Balaban J connectivity index is 1.90. The van der Waals surface area contributed by atoms with Crippen molar-refractivity contribution in [2.24, 2.45) is 0 Å². The zero-order chi connectivity index (χ0) is 13.9. The Morgan fingerprint density at radius 1 is 1.10 bits per heavy atom. The average molecular weight is 279 g/mol. The van der Waals surface area contributed by atoms with Crippen molar-refractivity contribution in [1.82, 2.24) is 20.5 Å². The number of aromatic nitrogens is 3. The van der Waals surface area contributed by atoms with Crippen molar-refractivity contribution in [3.8, 4) is 11.4 Å². The van der Waals surface area contributed by atoms with Crippen molar-refractivity contribution in [1.29, 1.82) is 0 Å². The highest BCUT2D eigenvalue weighted by Gasteiger charge is 2.18. The van der Waals surface area contributed by atoms with Crippen molar-refractivity contribution in [2.75, 3.05) is 31.1 Å². The maximum atomic E-state index is 13.7. The fraction of sp³-hybridized carbons (Fsp3) is 0.385. The van der Waals surface area contributed by atoms with Crippen LogP contribution in [0.4, 0.5) is 14.7 Å². The number of nitrogens with one attached hydrogen (secondary N) is 2. The van der Waals surface area contributed by atoms with Gasteiger partial charge in [-0.25, -0.2) is 8.78 Å². The lowest BCUT2D eigenvalue weighted by Crippen LogP contribution is -2.28. The molecule has 0 amide bonds. The van der Waals surface area contributed by atoms with E-state index in [1.807, 2.05) is 4.90 Å². The van der Waals surface area contributed by atoms with Gasteiger partial charge in [-0.15, -0.1) is 5.10 Å². The third kappa shape index (κ3) is 2.49. The van der Waals surface area contributed by atoms with Gasteiger partial charge in [0.25, 0.3) is 0 Å². The van der Waals surface area contributed by atoms with Gasteiger partial charge < -0.3 is 10.2 Å². The Kier molecular flexibility index (Phi) is 3.60. The Morgan fingerprint density at radius 3 is 2.70 bits per heavy atom. The van der Waals surface area contributed by atoms with Crippen molar-refractivity contribution in [3.63, 3.8) is 0 Å². The number of hydrogen-bond acceptors (Lipinski definition) is 4. The van der Waals surface area contributed by atoms with Crippen molar-refractivity contribution in [3.05, 3.63) is 29.8 Å². The Labute approximate surface area is 115 Å². The largest absolute Gasteiger partial charge is 0.338 e. The van der Waals surface area contributed by atoms with Crippen LogP contribution in [0.2, 0.25) is 0 Å². The molecule has 0 spiro atoms. The summed E-state index contributed by atoms with van der Waals surface area (Å²) in [6.07, 6.45) is 0.984. The van der Waals surface area contributed by atoms with Crippen LogP contribution in [0.25, 0.3) is 11.4 Å². The normalized spacial score (nSPS) is 16.2. The van der Waals surface area contributed by atoms with E-state index in [9.17, 15) is 8.78 Å². The number of nitrogens with zero attached hydrogens (tertiary/aromatic N) is 3. The minimum Gasteiger partial charge on any atom is -0.338 e. The molecule has 0 unspecified atom stereocenters. The number of aromatic amines is 1. The van der Waals surface area contributed by atoms with E-state index in [-0.39, 0.29) is 11.4 Å². The van der Waals surface area contributed by atoms with Crippen LogP contribution < -0.4 is 10.2 Å². The minimum absolute atomic E-state index is 0.118. The maximum absolute atomic E-state index is 13.7. The third-order valence-electron chi connectivity index (χ3n) is 3.30. The molecule has 0 radical (unpaired) electrons. The molecule has 1 aliphatic rings. The van der Waals surface area contributed by atoms with E-state index in [0.29, 0.717) is 5.95 Å². The molecule has 0 saturated carbocycles. The Hall–Kier alpha value is -2.02. The van der Waals surface area contributed by atoms with Gasteiger partial charge in [0.1, 0.15) is 11.6 Å². The fourth-order valence-electron chi connectivity index (χ4n) is 2.28. The van der Waals surface area contributed by atoms with Crippen LogP contribution >= 0.6 is 0 Å². The molecular formula is C13H15F2N5. The lowest BCUT2D eigenvalue weighted by atomic mass is 10.2. The van der Waals surface area contributed by atoms with E-state index in [1.54, 1.807) is 0 Å². The highest BCUT2D eigenvalue weighted by Crippen LogP contribution is 2.24. The van der Waals surface area contributed by atoms with Gasteiger partial charge in [0.05, 0.1) is 5.56 Å². The quantitative estimate of drug-likeness (QED) is 0.875. The molecule has 1 aromatic carbocycles. The minimum atomic E-state index is -0.648. The summed E-state index contributed by atoms with van der Waals surface area (Å²) in [6, 6.07) is 3.73. The first kappa shape index (κ1) is 13.0. The molecule has 7 heteroatoms. The molecule has 0 atom stereocenters. The SMILES string of the molecule is Fc1cccc(F)c1-c1nc(N2CCCNCC2)n[nH]1. The molecule has 3 rings (SSSR count). The molecule has 1 fully saturated rings. The molecule has 5 nitrogen and oxygen atoms in total. The number of anilines is 1. The molecular weight excluding hydrogens is 264 g/mol. The fourth-order valence-corrected chi connectivity index (χ4v) is 2.28. The van der Waals surface area contributed by atoms with Crippen molar-refractivity contribution >= 4 is 5.95 Å². The standard InChI is InChI=1S/C13H15F2N5/c14-9-3-1-4-10(15)11(9)12-17-13(19-18-12)20-7-2-5-16-6-8-20/h1,3-4,16H,2,5-8H2,(H,17,18,19). The van der Waals surface area contributed by atoms with Gasteiger partial charge in [0.2, 0.25) is 5.95 Å². The summed E-state index contributed by atoms with van der Waals surface area (Å²) in [5.74, 6) is -0.699. The van der Waals surface area contributed by atoms with E-state index in [4.69, 9.17) is 0 Å². The smallest absolute Gasteiger partial charge is 0.245 e. The van der Waals surface area contributed by atoms with E-state index >= 15 is 0 Å². The lowest BCUT2D eigenvalue weighted by Gasteiger charge is -2.16. The van der Waals surface area contributed by atoms with E-state index in [0.717, 1.165) is 32.6 Å². The van der Waals surface area contributed by atoms with Crippen LogP contribution in [0, 0.1) is 11.6 Å². The van der Waals surface area contributed by atoms with E-state index in [2.05, 4.69) is 20.5 Å². The molecule has 0 aliphatic carbocycles. The van der Waals surface area contributed by atoms with Gasteiger partial charge >= 0.3 is 0 Å². The molecule has 2 aromatic rings. The first-order chi connectivity index (χ1) is 9.75. The summed E-state index contributed by atoms with van der Waals surface area (Å²) in [6.45, 7) is 3.40. The zero-order valence-electron chi connectivity index (χ0n) is 10.9. The summed E-state index contributed by atoms with van der Waals surface area (Å²) in [4.78, 5) is 6.22. The number of hydrogen-bond donors (Lipinski definition) is 2. The summed E-state index contributed by atoms with van der Waals surface area (Å²) in [5, 5.41) is 9.96. The van der Waals surface area contributed by atoms with Crippen LogP contribution in [0.15, 0.2) is 18.2 Å². The Bertz CT molecular complexity index is 570. The first-order valence-corrected chi connectivity index (χ1v) is 6.58. The molecule has 2 N–H and O–H groups in total. The van der Waals surface area contributed by atoms with Crippen molar-refractivity contribution < 1.29 is 8.78 Å². The average Bonchev–Trinajstić information content (AvgIpc) is 2.74. The summed E-state index contributed by atoms with van der Waals surface area (Å²) in [5.41, 5.74) is -0.167. The molecule has 1 aromatic heterocycles. The topological polar surface area (TPSA) is 56.8 Å². The second kappa shape index (κ2) is 5.54. The number of halogens is 2. The Morgan fingerprint density at radius 2 is 1.90 bits per heavy atom. The van der Waals surface area contributed by atoms with Gasteiger partial charge in [-0.1, -0.05) is 6.07 Å². The van der Waals surface area contributed by atoms with Crippen LogP contribution in [-0.2, 0) is 0 Å². The van der Waals surface area contributed by atoms with Gasteiger partial charge in [-0.05, 0) is 25.1 Å². The first-order valence-electron chi connectivity index (χ1n) is 6.58. The van der Waals surface area contributed by atoms with E-state index in [1.165, 1.54) is 18.2 Å². The third-order valence-corrected chi connectivity index (χ3v) is 3.30. The predicted octanol–water partition coefficient (Wildman–Crippen LogP) is 1.55.